The summed E-state index contributed by atoms with van der Waals surface area (Å²) in [7, 11) is 0. The van der Waals surface area contributed by atoms with Gasteiger partial charge >= 0.3 is 5.97 Å². The molecule has 4 heteroatoms. The third-order valence-corrected chi connectivity index (χ3v) is 2.14. The number of hydrogen-bond acceptors (Lipinski definition) is 4. The van der Waals surface area contributed by atoms with Gasteiger partial charge in [-0.2, -0.15) is 0 Å². The van der Waals surface area contributed by atoms with Crippen LogP contribution >= 0.6 is 0 Å². The maximum absolute atomic E-state index is 11.2. The van der Waals surface area contributed by atoms with E-state index in [1.165, 1.54) is 0 Å². The Kier molecular flexibility index (Phi) is 2.25. The second-order valence-electron chi connectivity index (χ2n) is 3.10. The summed E-state index contributed by atoms with van der Waals surface area (Å²) in [5.74, 6) is -1.87. The van der Waals surface area contributed by atoms with Crippen molar-refractivity contribution in [3.63, 3.8) is 0 Å². The van der Waals surface area contributed by atoms with Crippen molar-refractivity contribution in [2.75, 3.05) is 6.61 Å². The fraction of sp³-hybridized carbons (Fsp3) is 0.0909. The summed E-state index contributed by atoms with van der Waals surface area (Å²) in [4.78, 5) is 22.0. The summed E-state index contributed by atoms with van der Waals surface area (Å²) < 4.78 is 4.51. The van der Waals surface area contributed by atoms with Crippen LogP contribution in [0.2, 0.25) is 0 Å². The lowest BCUT2D eigenvalue weighted by Crippen LogP contribution is -2.07. The van der Waals surface area contributed by atoms with Crippen LogP contribution in [-0.2, 0) is 14.3 Å². The number of rotatable bonds is 1. The molecule has 0 saturated carbocycles. The quantitative estimate of drug-likeness (QED) is 0.322. The molecule has 1 saturated heterocycles. The molecule has 1 aromatic rings. The van der Waals surface area contributed by atoms with Crippen LogP contribution < -0.4 is 0 Å². The number of Topliss-reactive ketones (excluding diaryl/α,β-unsaturated/α-hetero) is 1. The minimum Gasteiger partial charge on any atom is -0.507 e. The predicted molar refractivity (Wildman–Crippen MR) is 52.0 cm³/mol. The molecule has 15 heavy (non-hydrogen) atoms. The minimum absolute atomic E-state index is 0.0196. The second kappa shape index (κ2) is 3.57. The SMILES string of the molecule is O=C1OC/C(=C(\O)c2ccccc2)C1=O. The van der Waals surface area contributed by atoms with E-state index in [9.17, 15) is 14.7 Å². The van der Waals surface area contributed by atoms with E-state index in [2.05, 4.69) is 4.74 Å². The molecule has 0 aliphatic carbocycles. The van der Waals surface area contributed by atoms with Crippen LogP contribution in [0, 0.1) is 0 Å². The molecule has 1 N–H and O–H groups in total. The first-order valence-electron chi connectivity index (χ1n) is 4.39. The molecule has 0 amide bonds. The van der Waals surface area contributed by atoms with Crippen molar-refractivity contribution in [2.45, 2.75) is 0 Å². The van der Waals surface area contributed by atoms with Crippen LogP contribution in [0.4, 0.5) is 0 Å². The zero-order valence-corrected chi connectivity index (χ0v) is 7.77. The molecule has 0 atom stereocenters. The first kappa shape index (κ1) is 9.45. The van der Waals surface area contributed by atoms with Gasteiger partial charge in [-0.3, -0.25) is 4.79 Å². The standard InChI is InChI=1S/C11H8O4/c12-9(7-4-2-1-3-5-7)8-6-15-11(14)10(8)13/h1-5,12H,6H2/b9-8+. The number of benzene rings is 1. The molecule has 2 rings (SSSR count). The molecular weight excluding hydrogens is 196 g/mol. The summed E-state index contributed by atoms with van der Waals surface area (Å²) in [6.45, 7) is -0.154. The summed E-state index contributed by atoms with van der Waals surface area (Å²) >= 11 is 0. The molecular formula is C11H8O4. The molecule has 1 fully saturated rings. The van der Waals surface area contributed by atoms with Crippen molar-refractivity contribution in [3.05, 3.63) is 41.5 Å². The number of ether oxygens (including phenoxy) is 1. The second-order valence-corrected chi connectivity index (χ2v) is 3.10. The summed E-state index contributed by atoms with van der Waals surface area (Å²) in [5.41, 5.74) is 0.519. The van der Waals surface area contributed by atoms with E-state index < -0.39 is 11.8 Å². The fourth-order valence-corrected chi connectivity index (χ4v) is 1.34. The Morgan fingerprint density at radius 1 is 1.20 bits per heavy atom. The molecule has 76 valence electrons. The van der Waals surface area contributed by atoms with Crippen molar-refractivity contribution in [2.24, 2.45) is 0 Å². The zero-order chi connectivity index (χ0) is 10.8. The smallest absolute Gasteiger partial charge is 0.379 e. The maximum atomic E-state index is 11.2. The van der Waals surface area contributed by atoms with Gasteiger partial charge < -0.3 is 9.84 Å². The lowest BCUT2D eigenvalue weighted by molar-refractivity contribution is -0.146. The highest BCUT2D eigenvalue weighted by atomic mass is 16.5. The number of ketones is 1. The molecule has 0 unspecified atom stereocenters. The van der Waals surface area contributed by atoms with E-state index in [1.807, 2.05) is 0 Å². The van der Waals surface area contributed by atoms with Crippen LogP contribution in [0.5, 0.6) is 0 Å². The molecule has 1 aliphatic rings. The van der Waals surface area contributed by atoms with E-state index in [1.54, 1.807) is 30.3 Å². The third kappa shape index (κ3) is 1.61. The topological polar surface area (TPSA) is 63.6 Å². The molecule has 0 bridgehead atoms. The first-order chi connectivity index (χ1) is 7.20. The molecule has 0 radical (unpaired) electrons. The normalized spacial score (nSPS) is 18.9. The Bertz CT molecular complexity index is 445. The summed E-state index contributed by atoms with van der Waals surface area (Å²) in [6, 6.07) is 8.55. The van der Waals surface area contributed by atoms with Gasteiger partial charge in [0, 0.05) is 5.56 Å². The first-order valence-corrected chi connectivity index (χ1v) is 4.39. The highest BCUT2D eigenvalue weighted by Gasteiger charge is 2.32. The number of hydrogen-bond donors (Lipinski definition) is 1. The van der Waals surface area contributed by atoms with Crippen molar-refractivity contribution in [3.8, 4) is 0 Å². The lowest BCUT2D eigenvalue weighted by atomic mass is 10.1. The van der Waals surface area contributed by atoms with Crippen molar-refractivity contribution in [1.29, 1.82) is 0 Å². The number of aliphatic hydroxyl groups is 1. The van der Waals surface area contributed by atoms with Gasteiger partial charge in [0.1, 0.15) is 12.4 Å². The van der Waals surface area contributed by atoms with Crippen molar-refractivity contribution in [1.82, 2.24) is 0 Å². The van der Waals surface area contributed by atoms with E-state index in [-0.39, 0.29) is 17.9 Å². The molecule has 0 spiro atoms. The lowest BCUT2D eigenvalue weighted by Gasteiger charge is -2.00. The predicted octanol–water partition coefficient (Wildman–Crippen LogP) is 1.08. The molecule has 1 aromatic carbocycles. The van der Waals surface area contributed by atoms with Gasteiger partial charge in [0.05, 0.1) is 5.57 Å². The molecule has 1 heterocycles. The zero-order valence-electron chi connectivity index (χ0n) is 7.77. The number of aliphatic hydroxyl groups excluding tert-OH is 1. The Morgan fingerprint density at radius 2 is 1.87 bits per heavy atom. The van der Waals surface area contributed by atoms with Crippen LogP contribution in [0.15, 0.2) is 35.9 Å². The highest BCUT2D eigenvalue weighted by Crippen LogP contribution is 2.20. The summed E-state index contributed by atoms with van der Waals surface area (Å²) in [5, 5.41) is 9.74. The van der Waals surface area contributed by atoms with Gasteiger partial charge in [0.15, 0.2) is 0 Å². The number of cyclic esters (lactones) is 1. The van der Waals surface area contributed by atoms with Gasteiger partial charge in [-0.25, -0.2) is 4.79 Å². The Labute approximate surface area is 85.8 Å². The Balaban J connectivity index is 2.43. The van der Waals surface area contributed by atoms with Crippen LogP contribution in [-0.4, -0.2) is 23.5 Å². The molecule has 1 aliphatic heterocycles. The van der Waals surface area contributed by atoms with Gasteiger partial charge in [-0.15, -0.1) is 0 Å². The third-order valence-electron chi connectivity index (χ3n) is 2.14. The van der Waals surface area contributed by atoms with Crippen LogP contribution in [0.1, 0.15) is 5.56 Å². The average molecular weight is 204 g/mol. The van der Waals surface area contributed by atoms with E-state index >= 15 is 0 Å². The maximum Gasteiger partial charge on any atom is 0.379 e. The van der Waals surface area contributed by atoms with E-state index in [0.717, 1.165) is 0 Å². The van der Waals surface area contributed by atoms with E-state index in [0.29, 0.717) is 5.56 Å². The van der Waals surface area contributed by atoms with Gasteiger partial charge in [-0.05, 0) is 0 Å². The molecule has 0 aromatic heterocycles. The monoisotopic (exact) mass is 204 g/mol. The van der Waals surface area contributed by atoms with Crippen molar-refractivity contribution < 1.29 is 19.4 Å². The number of carbonyl (C=O) groups is 2. The van der Waals surface area contributed by atoms with Gasteiger partial charge in [0.25, 0.3) is 5.78 Å². The molecule has 4 nitrogen and oxygen atoms in total. The van der Waals surface area contributed by atoms with Gasteiger partial charge in [0.2, 0.25) is 0 Å². The summed E-state index contributed by atoms with van der Waals surface area (Å²) in [6.07, 6.45) is 0. The largest absolute Gasteiger partial charge is 0.507 e. The number of carbonyl (C=O) groups excluding carboxylic acids is 2. The van der Waals surface area contributed by atoms with Crippen molar-refractivity contribution >= 4 is 17.5 Å². The minimum atomic E-state index is -0.910. The average Bonchev–Trinajstić information content (AvgIpc) is 2.60. The van der Waals surface area contributed by atoms with Gasteiger partial charge in [-0.1, -0.05) is 30.3 Å². The van der Waals surface area contributed by atoms with E-state index in [4.69, 9.17) is 0 Å². The highest BCUT2D eigenvalue weighted by molar-refractivity contribution is 6.43. The fourth-order valence-electron chi connectivity index (χ4n) is 1.34. The Morgan fingerprint density at radius 3 is 2.40 bits per heavy atom. The Hall–Kier alpha value is -2.10. The number of esters is 1. The van der Waals surface area contributed by atoms with Crippen LogP contribution in [0.25, 0.3) is 5.76 Å². The van der Waals surface area contributed by atoms with Crippen LogP contribution in [0.3, 0.4) is 0 Å².